The van der Waals surface area contributed by atoms with Gasteiger partial charge in [-0.05, 0) is 17.7 Å². The van der Waals surface area contributed by atoms with E-state index >= 15 is 0 Å². The number of nitrogens with zero attached hydrogens (tertiary/aromatic N) is 3. The molecule has 0 saturated heterocycles. The maximum Gasteiger partial charge on any atom is 0.181 e. The smallest absolute Gasteiger partial charge is 0.181 e. The fraction of sp³-hybridized carbons (Fsp3) is 0.0833. The summed E-state index contributed by atoms with van der Waals surface area (Å²) in [6.45, 7) is 0.559. The lowest BCUT2D eigenvalue weighted by Crippen LogP contribution is -1.95. The van der Waals surface area contributed by atoms with Gasteiger partial charge in [-0.25, -0.2) is 15.0 Å². The number of nitrogens with two attached hydrogens (primary N) is 1. The summed E-state index contributed by atoms with van der Waals surface area (Å²) in [7, 11) is 0. The van der Waals surface area contributed by atoms with Gasteiger partial charge in [-0.3, -0.25) is 0 Å². The first kappa shape index (κ1) is 11.2. The first-order valence-electron chi connectivity index (χ1n) is 5.48. The van der Waals surface area contributed by atoms with E-state index in [1.165, 1.54) is 6.33 Å². The molecule has 0 aliphatic rings. The van der Waals surface area contributed by atoms with Crippen molar-refractivity contribution in [2.75, 3.05) is 0 Å². The second-order valence-corrected chi connectivity index (χ2v) is 4.79. The number of imidazole rings is 1. The Labute approximate surface area is 108 Å². The van der Waals surface area contributed by atoms with E-state index in [4.69, 9.17) is 5.73 Å². The van der Waals surface area contributed by atoms with Gasteiger partial charge in [0.2, 0.25) is 0 Å². The number of H-pyrrole nitrogens is 1. The highest BCUT2D eigenvalue weighted by Gasteiger charge is 2.07. The van der Waals surface area contributed by atoms with E-state index in [1.807, 2.05) is 24.3 Å². The normalized spacial score (nSPS) is 10.9. The molecule has 90 valence electrons. The maximum absolute atomic E-state index is 5.57. The van der Waals surface area contributed by atoms with E-state index in [1.54, 1.807) is 18.1 Å². The zero-order valence-electron chi connectivity index (χ0n) is 9.50. The van der Waals surface area contributed by atoms with Crippen LogP contribution in [0.25, 0.3) is 11.2 Å². The molecule has 5 nitrogen and oxygen atoms in total. The molecular formula is C12H11N5S. The van der Waals surface area contributed by atoms with E-state index in [-0.39, 0.29) is 0 Å². The Bertz CT molecular complexity index is 662. The van der Waals surface area contributed by atoms with Gasteiger partial charge < -0.3 is 10.7 Å². The van der Waals surface area contributed by atoms with Gasteiger partial charge in [0, 0.05) is 11.4 Å². The van der Waals surface area contributed by atoms with Crippen molar-refractivity contribution in [1.82, 2.24) is 19.9 Å². The van der Waals surface area contributed by atoms with E-state index < -0.39 is 0 Å². The number of aromatic nitrogens is 4. The standard InChI is InChI=1S/C12H11N5S/c13-5-8-1-3-9(4-2-8)18-12-10-11(15-6-14-10)16-7-17-12/h1-4,6-7H,5,13H2,(H,14,15,16,17). The zero-order chi connectivity index (χ0) is 12.4. The molecule has 3 N–H and O–H groups in total. The molecule has 0 aliphatic heterocycles. The third-order valence-electron chi connectivity index (χ3n) is 2.56. The predicted octanol–water partition coefficient (Wildman–Crippen LogP) is 1.96. The molecule has 0 unspecified atom stereocenters. The summed E-state index contributed by atoms with van der Waals surface area (Å²) in [5, 5.41) is 0.873. The molecule has 0 spiro atoms. The molecular weight excluding hydrogens is 246 g/mol. The minimum absolute atomic E-state index is 0.559. The number of nitrogens with one attached hydrogen (secondary N) is 1. The second-order valence-electron chi connectivity index (χ2n) is 3.73. The summed E-state index contributed by atoms with van der Waals surface area (Å²) in [5.74, 6) is 0. The Kier molecular flexibility index (Phi) is 2.95. The maximum atomic E-state index is 5.57. The van der Waals surface area contributed by atoms with Crippen molar-refractivity contribution in [2.24, 2.45) is 5.73 Å². The van der Waals surface area contributed by atoms with E-state index in [9.17, 15) is 0 Å². The third-order valence-corrected chi connectivity index (χ3v) is 3.57. The largest absolute Gasteiger partial charge is 0.341 e. The zero-order valence-corrected chi connectivity index (χ0v) is 10.3. The Morgan fingerprint density at radius 2 is 1.94 bits per heavy atom. The Balaban J connectivity index is 1.93. The van der Waals surface area contributed by atoms with Crippen LogP contribution in [0, 0.1) is 0 Å². The number of rotatable bonds is 3. The first-order valence-corrected chi connectivity index (χ1v) is 6.29. The van der Waals surface area contributed by atoms with Crippen LogP contribution in [-0.2, 0) is 6.54 Å². The summed E-state index contributed by atoms with van der Waals surface area (Å²) in [5.41, 5.74) is 8.24. The number of hydrogen-bond donors (Lipinski definition) is 2. The van der Waals surface area contributed by atoms with Gasteiger partial charge in [0.25, 0.3) is 0 Å². The molecule has 2 aromatic heterocycles. The van der Waals surface area contributed by atoms with Crippen LogP contribution in [0.2, 0.25) is 0 Å². The van der Waals surface area contributed by atoms with Gasteiger partial charge in [-0.2, -0.15) is 0 Å². The third kappa shape index (κ3) is 2.07. The molecule has 0 bridgehead atoms. The fourth-order valence-electron chi connectivity index (χ4n) is 1.63. The van der Waals surface area contributed by atoms with Crippen molar-refractivity contribution in [3.05, 3.63) is 42.5 Å². The summed E-state index contributed by atoms with van der Waals surface area (Å²) >= 11 is 1.58. The summed E-state index contributed by atoms with van der Waals surface area (Å²) in [6.07, 6.45) is 3.15. The van der Waals surface area contributed by atoms with Crippen LogP contribution in [0.4, 0.5) is 0 Å². The highest BCUT2D eigenvalue weighted by molar-refractivity contribution is 7.99. The topological polar surface area (TPSA) is 80.5 Å². The van der Waals surface area contributed by atoms with Gasteiger partial charge >= 0.3 is 0 Å². The molecule has 1 aromatic carbocycles. The first-order chi connectivity index (χ1) is 8.86. The van der Waals surface area contributed by atoms with Crippen LogP contribution in [0.15, 0.2) is 46.8 Å². The van der Waals surface area contributed by atoms with Crippen LogP contribution in [0.1, 0.15) is 5.56 Å². The summed E-state index contributed by atoms with van der Waals surface area (Å²) in [6, 6.07) is 8.12. The molecule has 6 heteroatoms. The number of aromatic amines is 1. The Hall–Kier alpha value is -1.92. The summed E-state index contributed by atoms with van der Waals surface area (Å²) < 4.78 is 0. The number of benzene rings is 1. The average molecular weight is 257 g/mol. The number of hydrogen-bond acceptors (Lipinski definition) is 5. The van der Waals surface area contributed by atoms with Crippen LogP contribution >= 0.6 is 11.8 Å². The SMILES string of the molecule is NCc1ccc(Sc2ncnc3nc[nH]c23)cc1. The van der Waals surface area contributed by atoms with E-state index in [2.05, 4.69) is 19.9 Å². The van der Waals surface area contributed by atoms with Crippen molar-refractivity contribution in [1.29, 1.82) is 0 Å². The highest BCUT2D eigenvalue weighted by atomic mass is 32.2. The second kappa shape index (κ2) is 4.75. The van der Waals surface area contributed by atoms with E-state index in [0.717, 1.165) is 21.0 Å². The van der Waals surface area contributed by atoms with Gasteiger partial charge in [-0.1, -0.05) is 23.9 Å². The molecule has 0 fully saturated rings. The predicted molar refractivity (Wildman–Crippen MR) is 70.1 cm³/mol. The molecule has 0 atom stereocenters. The monoisotopic (exact) mass is 257 g/mol. The van der Waals surface area contributed by atoms with Gasteiger partial charge in [0.15, 0.2) is 5.65 Å². The highest BCUT2D eigenvalue weighted by Crippen LogP contribution is 2.29. The lowest BCUT2D eigenvalue weighted by atomic mass is 10.2. The lowest BCUT2D eigenvalue weighted by Gasteiger charge is -2.02. The minimum Gasteiger partial charge on any atom is -0.341 e. The van der Waals surface area contributed by atoms with Crippen LogP contribution in [0.5, 0.6) is 0 Å². The van der Waals surface area contributed by atoms with Crippen molar-refractivity contribution < 1.29 is 0 Å². The van der Waals surface area contributed by atoms with Crippen molar-refractivity contribution in [2.45, 2.75) is 16.5 Å². The molecule has 0 amide bonds. The van der Waals surface area contributed by atoms with Crippen molar-refractivity contribution in [3.63, 3.8) is 0 Å². The molecule has 18 heavy (non-hydrogen) atoms. The number of fused-ring (bicyclic) bond motifs is 1. The van der Waals surface area contributed by atoms with Crippen LogP contribution in [-0.4, -0.2) is 19.9 Å². The quantitative estimate of drug-likeness (QED) is 0.701. The lowest BCUT2D eigenvalue weighted by molar-refractivity contribution is 1.06. The van der Waals surface area contributed by atoms with Gasteiger partial charge in [-0.15, -0.1) is 0 Å². The van der Waals surface area contributed by atoms with Gasteiger partial charge in [0.05, 0.1) is 6.33 Å². The molecule has 0 radical (unpaired) electrons. The van der Waals surface area contributed by atoms with Crippen molar-refractivity contribution >= 4 is 22.9 Å². The molecule has 0 aliphatic carbocycles. The van der Waals surface area contributed by atoms with Crippen molar-refractivity contribution in [3.8, 4) is 0 Å². The van der Waals surface area contributed by atoms with Crippen LogP contribution in [0.3, 0.4) is 0 Å². The van der Waals surface area contributed by atoms with Gasteiger partial charge in [0.1, 0.15) is 16.9 Å². The molecule has 0 saturated carbocycles. The fourth-order valence-corrected chi connectivity index (χ4v) is 2.47. The molecule has 2 heterocycles. The van der Waals surface area contributed by atoms with Crippen LogP contribution < -0.4 is 5.73 Å². The Morgan fingerprint density at radius 1 is 1.11 bits per heavy atom. The minimum atomic E-state index is 0.559. The summed E-state index contributed by atoms with van der Waals surface area (Å²) in [4.78, 5) is 16.6. The average Bonchev–Trinajstić information content (AvgIpc) is 2.89. The molecule has 3 rings (SSSR count). The van der Waals surface area contributed by atoms with E-state index in [0.29, 0.717) is 12.2 Å². The molecule has 3 aromatic rings. The Morgan fingerprint density at radius 3 is 2.72 bits per heavy atom.